The topological polar surface area (TPSA) is 21.3 Å². The van der Waals surface area contributed by atoms with Crippen molar-refractivity contribution in [2.75, 3.05) is 26.3 Å². The molecule has 1 aliphatic rings. The fourth-order valence-electron chi connectivity index (χ4n) is 2.56. The molecule has 0 saturated carbocycles. The van der Waals surface area contributed by atoms with Gasteiger partial charge in [-0.3, -0.25) is 0 Å². The Bertz CT molecular complexity index is 361. The summed E-state index contributed by atoms with van der Waals surface area (Å²) in [7, 11) is 0. The first-order valence-corrected chi connectivity index (χ1v) is 7.11. The van der Waals surface area contributed by atoms with Crippen LogP contribution in [0.15, 0.2) is 28.7 Å². The number of hydrogen-bond acceptors (Lipinski definition) is 2. The first-order chi connectivity index (χ1) is 8.28. The molecule has 0 spiro atoms. The fraction of sp³-hybridized carbons (Fsp3) is 0.571. The van der Waals surface area contributed by atoms with Crippen LogP contribution in [0.4, 0.5) is 0 Å². The van der Waals surface area contributed by atoms with E-state index in [2.05, 4.69) is 52.4 Å². The molecular formula is C14H20BrNO. The molecule has 3 heteroatoms. The molecule has 0 radical (unpaired) electrons. The molecule has 0 bridgehead atoms. The van der Waals surface area contributed by atoms with Gasteiger partial charge in [0.05, 0.1) is 0 Å². The highest BCUT2D eigenvalue weighted by Gasteiger charge is 2.35. The van der Waals surface area contributed by atoms with Crippen LogP contribution >= 0.6 is 15.9 Å². The maximum absolute atomic E-state index is 5.52. The van der Waals surface area contributed by atoms with Crippen molar-refractivity contribution < 1.29 is 4.74 Å². The summed E-state index contributed by atoms with van der Waals surface area (Å²) in [5, 5.41) is 3.51. The van der Waals surface area contributed by atoms with Gasteiger partial charge in [-0.25, -0.2) is 0 Å². The first kappa shape index (κ1) is 13.1. The molecule has 2 rings (SSSR count). The molecule has 1 aliphatic heterocycles. The monoisotopic (exact) mass is 297 g/mol. The van der Waals surface area contributed by atoms with E-state index in [0.717, 1.165) is 39.1 Å². The standard InChI is InChI=1S/C14H20BrNO/c1-2-16-11-14(7-9-17-10-8-14)12-5-3-4-6-13(12)15/h3-6,16H,2,7-11H2,1H3. The van der Waals surface area contributed by atoms with Crippen molar-refractivity contribution in [2.45, 2.75) is 25.2 Å². The van der Waals surface area contributed by atoms with E-state index in [1.165, 1.54) is 10.0 Å². The number of rotatable bonds is 4. The summed E-state index contributed by atoms with van der Waals surface area (Å²) >= 11 is 3.69. The second-order valence-corrected chi connectivity index (χ2v) is 5.51. The second-order valence-electron chi connectivity index (χ2n) is 4.65. The summed E-state index contributed by atoms with van der Waals surface area (Å²) in [5.41, 5.74) is 1.65. The van der Waals surface area contributed by atoms with Crippen molar-refractivity contribution in [3.63, 3.8) is 0 Å². The summed E-state index contributed by atoms with van der Waals surface area (Å²) in [6.07, 6.45) is 2.20. The number of likely N-dealkylation sites (N-methyl/N-ethyl adjacent to an activating group) is 1. The molecule has 1 saturated heterocycles. The van der Waals surface area contributed by atoms with Crippen LogP contribution in [-0.2, 0) is 10.2 Å². The van der Waals surface area contributed by atoms with Gasteiger partial charge in [-0.2, -0.15) is 0 Å². The van der Waals surface area contributed by atoms with Crippen LogP contribution < -0.4 is 5.32 Å². The second kappa shape index (κ2) is 5.98. The van der Waals surface area contributed by atoms with Gasteiger partial charge in [0.25, 0.3) is 0 Å². The van der Waals surface area contributed by atoms with Crippen molar-refractivity contribution in [2.24, 2.45) is 0 Å². The summed E-state index contributed by atoms with van der Waals surface area (Å²) in [6.45, 7) is 5.95. The summed E-state index contributed by atoms with van der Waals surface area (Å²) in [4.78, 5) is 0. The molecule has 0 atom stereocenters. The van der Waals surface area contributed by atoms with E-state index in [-0.39, 0.29) is 5.41 Å². The van der Waals surface area contributed by atoms with Gasteiger partial charge in [0.1, 0.15) is 0 Å². The van der Waals surface area contributed by atoms with Crippen LogP contribution in [0.5, 0.6) is 0 Å². The van der Waals surface area contributed by atoms with E-state index in [1.807, 2.05) is 0 Å². The molecule has 1 fully saturated rings. The minimum Gasteiger partial charge on any atom is -0.381 e. The highest BCUT2D eigenvalue weighted by atomic mass is 79.9. The number of nitrogens with one attached hydrogen (secondary N) is 1. The van der Waals surface area contributed by atoms with Gasteiger partial charge in [0.2, 0.25) is 0 Å². The quantitative estimate of drug-likeness (QED) is 0.922. The molecule has 0 unspecified atom stereocenters. The average molecular weight is 298 g/mol. The third-order valence-electron chi connectivity index (χ3n) is 3.61. The van der Waals surface area contributed by atoms with E-state index in [4.69, 9.17) is 4.74 Å². The Morgan fingerprint density at radius 3 is 2.65 bits per heavy atom. The van der Waals surface area contributed by atoms with Crippen LogP contribution in [-0.4, -0.2) is 26.3 Å². The Kier molecular flexibility index (Phi) is 4.60. The zero-order valence-corrected chi connectivity index (χ0v) is 11.9. The van der Waals surface area contributed by atoms with Crippen LogP contribution in [0.2, 0.25) is 0 Å². The van der Waals surface area contributed by atoms with E-state index in [0.29, 0.717) is 0 Å². The Morgan fingerprint density at radius 2 is 2.00 bits per heavy atom. The van der Waals surface area contributed by atoms with Crippen LogP contribution in [0, 0.1) is 0 Å². The third kappa shape index (κ3) is 2.90. The number of halogens is 1. The summed E-state index contributed by atoms with van der Waals surface area (Å²) in [5.74, 6) is 0. The fourth-order valence-corrected chi connectivity index (χ4v) is 3.26. The zero-order valence-electron chi connectivity index (χ0n) is 10.3. The van der Waals surface area contributed by atoms with Crippen LogP contribution in [0.3, 0.4) is 0 Å². The SMILES string of the molecule is CCNCC1(c2ccccc2Br)CCOCC1. The molecule has 1 N–H and O–H groups in total. The predicted molar refractivity (Wildman–Crippen MR) is 74.4 cm³/mol. The van der Waals surface area contributed by atoms with Gasteiger partial charge >= 0.3 is 0 Å². The summed E-state index contributed by atoms with van der Waals surface area (Å²) < 4.78 is 6.75. The Hall–Kier alpha value is -0.380. The summed E-state index contributed by atoms with van der Waals surface area (Å²) in [6, 6.07) is 8.59. The number of ether oxygens (including phenoxy) is 1. The lowest BCUT2D eigenvalue weighted by Gasteiger charge is -2.38. The van der Waals surface area contributed by atoms with Gasteiger partial charge < -0.3 is 10.1 Å². The maximum Gasteiger partial charge on any atom is 0.0475 e. The molecule has 0 amide bonds. The number of hydrogen-bond donors (Lipinski definition) is 1. The van der Waals surface area contributed by atoms with Crippen molar-refractivity contribution in [3.8, 4) is 0 Å². The van der Waals surface area contributed by atoms with Crippen molar-refractivity contribution in [3.05, 3.63) is 34.3 Å². The molecule has 1 aromatic carbocycles. The number of benzene rings is 1. The van der Waals surface area contributed by atoms with Gasteiger partial charge in [-0.1, -0.05) is 41.1 Å². The van der Waals surface area contributed by atoms with Gasteiger partial charge in [-0.15, -0.1) is 0 Å². The zero-order chi connectivity index (χ0) is 12.1. The minimum absolute atomic E-state index is 0.231. The normalized spacial score (nSPS) is 19.2. The van der Waals surface area contributed by atoms with E-state index in [1.54, 1.807) is 0 Å². The Labute approximate surface area is 112 Å². The average Bonchev–Trinajstić information content (AvgIpc) is 2.38. The van der Waals surface area contributed by atoms with Gasteiger partial charge in [-0.05, 0) is 31.0 Å². The third-order valence-corrected chi connectivity index (χ3v) is 4.30. The van der Waals surface area contributed by atoms with E-state index >= 15 is 0 Å². The molecule has 2 nitrogen and oxygen atoms in total. The first-order valence-electron chi connectivity index (χ1n) is 6.32. The van der Waals surface area contributed by atoms with Crippen molar-refractivity contribution >= 4 is 15.9 Å². The van der Waals surface area contributed by atoms with Crippen LogP contribution in [0.1, 0.15) is 25.3 Å². The molecule has 1 heterocycles. The maximum atomic E-state index is 5.52. The lowest BCUT2D eigenvalue weighted by atomic mass is 9.74. The molecule has 1 aromatic rings. The highest BCUT2D eigenvalue weighted by Crippen LogP contribution is 2.38. The van der Waals surface area contributed by atoms with E-state index < -0.39 is 0 Å². The van der Waals surface area contributed by atoms with Crippen molar-refractivity contribution in [1.29, 1.82) is 0 Å². The molecule has 0 aliphatic carbocycles. The van der Waals surface area contributed by atoms with Crippen LogP contribution in [0.25, 0.3) is 0 Å². The van der Waals surface area contributed by atoms with Gasteiger partial charge in [0.15, 0.2) is 0 Å². The highest BCUT2D eigenvalue weighted by molar-refractivity contribution is 9.10. The smallest absolute Gasteiger partial charge is 0.0475 e. The predicted octanol–water partition coefficient (Wildman–Crippen LogP) is 3.11. The lowest BCUT2D eigenvalue weighted by Crippen LogP contribution is -2.43. The van der Waals surface area contributed by atoms with Crippen molar-refractivity contribution in [1.82, 2.24) is 5.32 Å². The molecule has 0 aromatic heterocycles. The Morgan fingerprint density at radius 1 is 1.29 bits per heavy atom. The minimum atomic E-state index is 0.231. The lowest BCUT2D eigenvalue weighted by molar-refractivity contribution is 0.0498. The van der Waals surface area contributed by atoms with Gasteiger partial charge in [0, 0.05) is 29.6 Å². The largest absolute Gasteiger partial charge is 0.381 e. The Balaban J connectivity index is 2.28. The molecule has 17 heavy (non-hydrogen) atoms. The van der Waals surface area contributed by atoms with E-state index in [9.17, 15) is 0 Å². The molecule has 94 valence electrons. The molecular weight excluding hydrogens is 278 g/mol.